The number of anilines is 1. The Morgan fingerprint density at radius 2 is 2.20 bits per heavy atom. The van der Waals surface area contributed by atoms with E-state index in [1.807, 2.05) is 24.4 Å². The minimum Gasteiger partial charge on any atom is -0.459 e. The van der Waals surface area contributed by atoms with Crippen molar-refractivity contribution in [1.29, 1.82) is 0 Å². The van der Waals surface area contributed by atoms with Gasteiger partial charge in [0.05, 0.1) is 5.02 Å². The lowest BCUT2D eigenvalue weighted by atomic mass is 10.2. The molecule has 5 heteroatoms. The number of rotatable bonds is 2. The van der Waals surface area contributed by atoms with Gasteiger partial charge in [-0.1, -0.05) is 18.5 Å². The van der Waals surface area contributed by atoms with Crippen molar-refractivity contribution in [2.75, 3.05) is 5.73 Å². The molecule has 1 saturated carbocycles. The number of nitrogens with zero attached hydrogens (tertiary/aromatic N) is 2. The van der Waals surface area contributed by atoms with E-state index in [2.05, 4.69) is 11.9 Å². The van der Waals surface area contributed by atoms with E-state index in [-0.39, 0.29) is 0 Å². The fourth-order valence-electron chi connectivity index (χ4n) is 2.63. The van der Waals surface area contributed by atoms with Crippen LogP contribution in [0, 0.1) is 5.92 Å². The van der Waals surface area contributed by atoms with Crippen LogP contribution in [0.5, 0.6) is 0 Å². The molecule has 0 amide bonds. The average Bonchev–Trinajstić information content (AvgIpc) is 2.87. The maximum Gasteiger partial charge on any atom is 0.158 e. The van der Waals surface area contributed by atoms with Crippen LogP contribution in [0.25, 0.3) is 17.1 Å². The lowest BCUT2D eigenvalue weighted by Gasteiger charge is -1.97. The summed E-state index contributed by atoms with van der Waals surface area (Å²) < 4.78 is 7.69. The van der Waals surface area contributed by atoms with Crippen molar-refractivity contribution < 1.29 is 4.42 Å². The largest absolute Gasteiger partial charge is 0.459 e. The summed E-state index contributed by atoms with van der Waals surface area (Å²) in [5, 5.41) is 0.577. The first kappa shape index (κ1) is 11.9. The van der Waals surface area contributed by atoms with Crippen LogP contribution in [-0.2, 0) is 0 Å². The third-order valence-electron chi connectivity index (χ3n) is 3.97. The number of pyridine rings is 1. The molecule has 3 aromatic heterocycles. The summed E-state index contributed by atoms with van der Waals surface area (Å²) in [5.41, 5.74) is 7.45. The minimum absolute atomic E-state index is 0.547. The van der Waals surface area contributed by atoms with Gasteiger partial charge in [-0.05, 0) is 36.6 Å². The molecular formula is C15H14ClN3O. The molecule has 0 aliphatic heterocycles. The van der Waals surface area contributed by atoms with Crippen LogP contribution in [0.2, 0.25) is 5.02 Å². The van der Waals surface area contributed by atoms with Gasteiger partial charge >= 0.3 is 0 Å². The summed E-state index contributed by atoms with van der Waals surface area (Å²) in [6, 6.07) is 7.60. The Morgan fingerprint density at radius 1 is 1.40 bits per heavy atom. The summed E-state index contributed by atoms with van der Waals surface area (Å²) >= 11 is 6.15. The predicted molar refractivity (Wildman–Crippen MR) is 78.8 cm³/mol. The summed E-state index contributed by atoms with van der Waals surface area (Å²) in [7, 11) is 0. The molecule has 1 aliphatic rings. The van der Waals surface area contributed by atoms with Crippen LogP contribution in [-0.4, -0.2) is 9.38 Å². The van der Waals surface area contributed by atoms with Gasteiger partial charge in [-0.3, -0.25) is 4.40 Å². The van der Waals surface area contributed by atoms with Gasteiger partial charge in [0.1, 0.15) is 17.3 Å². The van der Waals surface area contributed by atoms with Crippen LogP contribution in [0.3, 0.4) is 0 Å². The van der Waals surface area contributed by atoms with Crippen molar-refractivity contribution in [2.45, 2.75) is 19.3 Å². The van der Waals surface area contributed by atoms with Crippen LogP contribution in [0.1, 0.15) is 25.0 Å². The summed E-state index contributed by atoms with van der Waals surface area (Å²) in [5.74, 6) is 3.53. The molecule has 102 valence electrons. The first-order chi connectivity index (χ1) is 9.65. The number of nitrogen functional groups attached to an aromatic ring is 1. The molecule has 0 saturated heterocycles. The molecule has 3 heterocycles. The molecule has 2 atom stereocenters. The molecule has 0 aromatic carbocycles. The maximum atomic E-state index is 6.15. The van der Waals surface area contributed by atoms with Gasteiger partial charge in [0.2, 0.25) is 0 Å². The fourth-order valence-corrected chi connectivity index (χ4v) is 2.84. The van der Waals surface area contributed by atoms with Gasteiger partial charge in [0.15, 0.2) is 11.4 Å². The highest BCUT2D eigenvalue weighted by Gasteiger charge is 2.36. The lowest BCUT2D eigenvalue weighted by Crippen LogP contribution is -1.93. The molecule has 20 heavy (non-hydrogen) atoms. The SMILES string of the molecule is CC1CC1c1ccc(-c2nc3c(Cl)cccn3c2N)o1. The van der Waals surface area contributed by atoms with Gasteiger partial charge in [0, 0.05) is 12.1 Å². The highest BCUT2D eigenvalue weighted by Crippen LogP contribution is 2.48. The number of nitrogens with two attached hydrogens (primary N) is 1. The standard InChI is InChI=1S/C15H14ClN3O/c1-8-7-9(8)11-4-5-12(20-11)13-14(17)19-6-2-3-10(16)15(19)18-13/h2-6,8-9H,7,17H2,1H3. The molecule has 1 fully saturated rings. The van der Waals surface area contributed by atoms with Crippen LogP contribution in [0.15, 0.2) is 34.9 Å². The number of hydrogen-bond donors (Lipinski definition) is 1. The van der Waals surface area contributed by atoms with Crippen molar-refractivity contribution in [1.82, 2.24) is 9.38 Å². The van der Waals surface area contributed by atoms with Crippen molar-refractivity contribution >= 4 is 23.1 Å². The monoisotopic (exact) mass is 287 g/mol. The molecule has 1 aliphatic carbocycles. The topological polar surface area (TPSA) is 56.5 Å². The Morgan fingerprint density at radius 3 is 2.90 bits per heavy atom. The van der Waals surface area contributed by atoms with E-state index in [0.717, 1.165) is 5.76 Å². The highest BCUT2D eigenvalue weighted by molar-refractivity contribution is 6.33. The zero-order valence-corrected chi connectivity index (χ0v) is 11.8. The Hall–Kier alpha value is -1.94. The Kier molecular flexibility index (Phi) is 2.39. The van der Waals surface area contributed by atoms with E-state index in [4.69, 9.17) is 21.8 Å². The Balaban J connectivity index is 1.83. The number of furan rings is 1. The molecule has 3 aromatic rings. The molecule has 2 N–H and O–H groups in total. The van der Waals surface area contributed by atoms with Crippen LogP contribution < -0.4 is 5.73 Å². The van der Waals surface area contributed by atoms with Gasteiger partial charge in [-0.15, -0.1) is 0 Å². The maximum absolute atomic E-state index is 6.15. The number of aromatic nitrogens is 2. The van der Waals surface area contributed by atoms with Crippen molar-refractivity contribution in [3.63, 3.8) is 0 Å². The molecule has 4 nitrogen and oxygen atoms in total. The van der Waals surface area contributed by atoms with Gasteiger partial charge in [-0.25, -0.2) is 4.98 Å². The first-order valence-electron chi connectivity index (χ1n) is 6.67. The van der Waals surface area contributed by atoms with Crippen LogP contribution >= 0.6 is 11.6 Å². The first-order valence-corrected chi connectivity index (χ1v) is 7.05. The van der Waals surface area contributed by atoms with E-state index in [0.29, 0.717) is 39.8 Å². The molecule has 0 spiro atoms. The minimum atomic E-state index is 0.547. The number of imidazole rings is 1. The van der Waals surface area contributed by atoms with Gasteiger partial charge in [0.25, 0.3) is 0 Å². The molecule has 0 bridgehead atoms. The van der Waals surface area contributed by atoms with Crippen molar-refractivity contribution in [2.24, 2.45) is 5.92 Å². The quantitative estimate of drug-likeness (QED) is 0.776. The van der Waals surface area contributed by atoms with Gasteiger partial charge in [-0.2, -0.15) is 0 Å². The Bertz CT molecular complexity index is 805. The number of halogens is 1. The second kappa shape index (κ2) is 4.03. The fraction of sp³-hybridized carbons (Fsp3) is 0.267. The number of fused-ring (bicyclic) bond motifs is 1. The smallest absolute Gasteiger partial charge is 0.158 e. The van der Waals surface area contributed by atoms with Crippen LogP contribution in [0.4, 0.5) is 5.82 Å². The highest BCUT2D eigenvalue weighted by atomic mass is 35.5. The van der Waals surface area contributed by atoms with E-state index in [1.165, 1.54) is 6.42 Å². The predicted octanol–water partition coefficient (Wildman–Crippen LogP) is 3.95. The zero-order valence-electron chi connectivity index (χ0n) is 11.0. The summed E-state index contributed by atoms with van der Waals surface area (Å²) in [6.07, 6.45) is 3.04. The van der Waals surface area contributed by atoms with E-state index in [1.54, 1.807) is 10.5 Å². The second-order valence-corrected chi connectivity index (χ2v) is 5.82. The van der Waals surface area contributed by atoms with E-state index < -0.39 is 0 Å². The zero-order chi connectivity index (χ0) is 13.9. The normalized spacial score (nSPS) is 21.5. The second-order valence-electron chi connectivity index (χ2n) is 5.42. The third-order valence-corrected chi connectivity index (χ3v) is 4.27. The molecular weight excluding hydrogens is 274 g/mol. The molecule has 4 rings (SSSR count). The molecule has 2 unspecified atom stereocenters. The third kappa shape index (κ3) is 1.64. The Labute approximate surface area is 121 Å². The number of hydrogen-bond acceptors (Lipinski definition) is 3. The van der Waals surface area contributed by atoms with E-state index >= 15 is 0 Å². The summed E-state index contributed by atoms with van der Waals surface area (Å²) in [6.45, 7) is 2.23. The average molecular weight is 288 g/mol. The van der Waals surface area contributed by atoms with Gasteiger partial charge < -0.3 is 10.2 Å². The van der Waals surface area contributed by atoms with Crippen molar-refractivity contribution in [3.05, 3.63) is 41.2 Å². The summed E-state index contributed by atoms with van der Waals surface area (Å²) in [4.78, 5) is 4.51. The lowest BCUT2D eigenvalue weighted by molar-refractivity contribution is 0.517. The molecule has 0 radical (unpaired) electrons. The van der Waals surface area contributed by atoms with E-state index in [9.17, 15) is 0 Å². The van der Waals surface area contributed by atoms with Crippen molar-refractivity contribution in [3.8, 4) is 11.5 Å².